The van der Waals surface area contributed by atoms with Crippen LogP contribution in [0.2, 0.25) is 0 Å². The third kappa shape index (κ3) is 5.64. The quantitative estimate of drug-likeness (QED) is 0.209. The molecule has 1 heterocycles. The van der Waals surface area contributed by atoms with Crippen molar-refractivity contribution in [2.45, 2.75) is 58.9 Å². The van der Waals surface area contributed by atoms with Gasteiger partial charge in [0.2, 0.25) is 0 Å². The fraction of sp³-hybridized carbons (Fsp3) is 0.344. The summed E-state index contributed by atoms with van der Waals surface area (Å²) in [7, 11) is 1.62. The number of hydrogen-bond acceptors (Lipinski definition) is 4. The monoisotopic (exact) mass is 511 g/mol. The molecule has 0 saturated carbocycles. The van der Waals surface area contributed by atoms with Crippen LogP contribution in [0.3, 0.4) is 0 Å². The lowest BCUT2D eigenvalue weighted by Gasteiger charge is -2.32. The molecule has 0 radical (unpaired) electrons. The van der Waals surface area contributed by atoms with Crippen LogP contribution in [0, 0.1) is 0 Å². The standard InChI is InChI=1S/C32H37N3O3/c1-5-8-11-22-34(31(36)24-16-14-23(6-2)15-17-24)29(7-3)30-33-28-13-10-9-12-27(28)32(37)35(30)25-18-20-26(38-4)21-19-25/h9-10,12-21,29H,5-8,11,22H2,1-4H3. The van der Waals surface area contributed by atoms with Gasteiger partial charge in [-0.1, -0.05) is 57.9 Å². The number of fused-ring (bicyclic) bond motifs is 1. The van der Waals surface area contributed by atoms with Gasteiger partial charge in [0.15, 0.2) is 0 Å². The Bertz CT molecular complexity index is 1430. The van der Waals surface area contributed by atoms with E-state index in [0.29, 0.717) is 46.7 Å². The van der Waals surface area contributed by atoms with E-state index < -0.39 is 0 Å². The molecule has 198 valence electrons. The first-order valence-electron chi connectivity index (χ1n) is 13.6. The smallest absolute Gasteiger partial charge is 0.266 e. The van der Waals surface area contributed by atoms with Gasteiger partial charge in [-0.15, -0.1) is 0 Å². The van der Waals surface area contributed by atoms with Gasteiger partial charge in [-0.25, -0.2) is 4.98 Å². The zero-order chi connectivity index (χ0) is 27.1. The number of methoxy groups -OCH3 is 1. The van der Waals surface area contributed by atoms with E-state index in [-0.39, 0.29) is 17.5 Å². The molecule has 6 heteroatoms. The molecule has 0 aliphatic rings. The Morgan fingerprint density at radius 2 is 1.66 bits per heavy atom. The van der Waals surface area contributed by atoms with E-state index in [2.05, 4.69) is 13.8 Å². The molecule has 1 amide bonds. The minimum Gasteiger partial charge on any atom is -0.497 e. The van der Waals surface area contributed by atoms with Gasteiger partial charge in [0, 0.05) is 12.1 Å². The number of aryl methyl sites for hydroxylation is 1. The van der Waals surface area contributed by atoms with Gasteiger partial charge in [-0.2, -0.15) is 0 Å². The number of amides is 1. The minimum absolute atomic E-state index is 0.0423. The molecule has 0 fully saturated rings. The average Bonchev–Trinajstić information content (AvgIpc) is 2.97. The zero-order valence-corrected chi connectivity index (χ0v) is 22.8. The van der Waals surface area contributed by atoms with Gasteiger partial charge in [0.05, 0.1) is 29.7 Å². The molecule has 0 aliphatic heterocycles. The Labute approximate surface area is 224 Å². The van der Waals surface area contributed by atoms with Gasteiger partial charge in [-0.05, 0) is 73.4 Å². The van der Waals surface area contributed by atoms with Gasteiger partial charge in [0.25, 0.3) is 11.5 Å². The summed E-state index contributed by atoms with van der Waals surface area (Å²) < 4.78 is 7.00. The number of carbonyl (C=O) groups is 1. The lowest BCUT2D eigenvalue weighted by molar-refractivity contribution is 0.0655. The van der Waals surface area contributed by atoms with Gasteiger partial charge < -0.3 is 9.64 Å². The molecule has 4 rings (SSSR count). The SMILES string of the molecule is CCCCCN(C(=O)c1ccc(CC)cc1)C(CC)c1nc2ccccc2c(=O)n1-c1ccc(OC)cc1. The summed E-state index contributed by atoms with van der Waals surface area (Å²) in [5.41, 5.74) is 3.01. The molecule has 0 spiro atoms. The Hall–Kier alpha value is -3.93. The lowest BCUT2D eigenvalue weighted by atomic mass is 10.0. The summed E-state index contributed by atoms with van der Waals surface area (Å²) in [6, 6.07) is 22.2. The molecular formula is C32H37N3O3. The average molecular weight is 512 g/mol. The molecule has 3 aromatic carbocycles. The molecule has 1 atom stereocenters. The summed E-state index contributed by atoms with van der Waals surface area (Å²) in [5.74, 6) is 1.23. The fourth-order valence-electron chi connectivity index (χ4n) is 4.88. The number of hydrogen-bond donors (Lipinski definition) is 0. The molecule has 0 N–H and O–H groups in total. The number of benzene rings is 3. The minimum atomic E-state index is -0.385. The van der Waals surface area contributed by atoms with Crippen LogP contribution in [0.4, 0.5) is 0 Å². The highest BCUT2D eigenvalue weighted by Crippen LogP contribution is 2.28. The van der Waals surface area contributed by atoms with E-state index in [1.165, 1.54) is 5.56 Å². The van der Waals surface area contributed by atoms with E-state index in [9.17, 15) is 9.59 Å². The topological polar surface area (TPSA) is 64.4 Å². The molecule has 0 aliphatic carbocycles. The number of ether oxygens (including phenoxy) is 1. The predicted octanol–water partition coefficient (Wildman–Crippen LogP) is 6.74. The zero-order valence-electron chi connectivity index (χ0n) is 22.8. The summed E-state index contributed by atoms with van der Waals surface area (Å²) in [5, 5.41) is 0.543. The van der Waals surface area contributed by atoms with Crippen molar-refractivity contribution in [1.82, 2.24) is 14.5 Å². The molecular weight excluding hydrogens is 474 g/mol. The van der Waals surface area contributed by atoms with Crippen LogP contribution in [0.25, 0.3) is 16.6 Å². The van der Waals surface area contributed by atoms with Gasteiger partial charge >= 0.3 is 0 Å². The number of carbonyl (C=O) groups excluding carboxylic acids is 1. The van der Waals surface area contributed by atoms with E-state index in [4.69, 9.17) is 9.72 Å². The maximum absolute atomic E-state index is 14.0. The van der Waals surface area contributed by atoms with Crippen molar-refractivity contribution in [3.05, 3.63) is 100 Å². The van der Waals surface area contributed by atoms with Crippen molar-refractivity contribution in [2.24, 2.45) is 0 Å². The number of aromatic nitrogens is 2. The van der Waals surface area contributed by atoms with E-state index in [1.807, 2.05) is 78.6 Å². The third-order valence-corrected chi connectivity index (χ3v) is 7.07. The maximum Gasteiger partial charge on any atom is 0.266 e. The molecule has 0 saturated heterocycles. The highest BCUT2D eigenvalue weighted by Gasteiger charge is 2.29. The number of unbranched alkanes of at least 4 members (excludes halogenated alkanes) is 2. The summed E-state index contributed by atoms with van der Waals surface area (Å²) in [6.45, 7) is 6.89. The molecule has 1 aromatic heterocycles. The van der Waals surface area contributed by atoms with Crippen LogP contribution in [-0.4, -0.2) is 34.0 Å². The molecule has 1 unspecified atom stereocenters. The summed E-state index contributed by atoms with van der Waals surface area (Å²) in [6.07, 6.45) is 4.49. The van der Waals surface area contributed by atoms with Crippen molar-refractivity contribution in [3.63, 3.8) is 0 Å². The normalized spacial score (nSPS) is 11.9. The second-order valence-electron chi connectivity index (χ2n) is 9.51. The van der Waals surface area contributed by atoms with Crippen molar-refractivity contribution in [1.29, 1.82) is 0 Å². The first-order chi connectivity index (χ1) is 18.5. The van der Waals surface area contributed by atoms with Crippen molar-refractivity contribution in [2.75, 3.05) is 13.7 Å². The van der Waals surface area contributed by atoms with Gasteiger partial charge in [0.1, 0.15) is 11.6 Å². The highest BCUT2D eigenvalue weighted by atomic mass is 16.5. The molecule has 38 heavy (non-hydrogen) atoms. The van der Waals surface area contributed by atoms with Gasteiger partial charge in [-0.3, -0.25) is 14.2 Å². The second-order valence-corrected chi connectivity index (χ2v) is 9.51. The van der Waals surface area contributed by atoms with Crippen molar-refractivity contribution >= 4 is 16.8 Å². The summed E-state index contributed by atoms with van der Waals surface area (Å²) in [4.78, 5) is 34.8. The second kappa shape index (κ2) is 12.5. The molecule has 4 aromatic rings. The maximum atomic E-state index is 14.0. The number of para-hydroxylation sites is 1. The Kier molecular flexibility index (Phi) is 8.95. The first-order valence-corrected chi connectivity index (χ1v) is 13.6. The van der Waals surface area contributed by atoms with Crippen LogP contribution < -0.4 is 10.3 Å². The Morgan fingerprint density at radius 1 is 0.947 bits per heavy atom. The lowest BCUT2D eigenvalue weighted by Crippen LogP contribution is -2.39. The number of nitrogens with zero attached hydrogens (tertiary/aromatic N) is 3. The Balaban J connectivity index is 1.89. The van der Waals surface area contributed by atoms with E-state index >= 15 is 0 Å². The third-order valence-electron chi connectivity index (χ3n) is 7.07. The van der Waals surface area contributed by atoms with Crippen LogP contribution in [0.1, 0.15) is 74.2 Å². The molecule has 6 nitrogen and oxygen atoms in total. The van der Waals surface area contributed by atoms with E-state index in [1.54, 1.807) is 17.7 Å². The number of rotatable bonds is 11. The highest BCUT2D eigenvalue weighted by molar-refractivity contribution is 5.94. The van der Waals surface area contributed by atoms with Crippen LogP contribution >= 0.6 is 0 Å². The Morgan fingerprint density at radius 3 is 2.29 bits per heavy atom. The molecule has 0 bridgehead atoms. The van der Waals surface area contributed by atoms with Crippen molar-refractivity contribution in [3.8, 4) is 11.4 Å². The van der Waals surface area contributed by atoms with Crippen LogP contribution in [-0.2, 0) is 6.42 Å². The largest absolute Gasteiger partial charge is 0.497 e. The summed E-state index contributed by atoms with van der Waals surface area (Å²) >= 11 is 0. The van der Waals surface area contributed by atoms with Crippen LogP contribution in [0.5, 0.6) is 5.75 Å². The van der Waals surface area contributed by atoms with Crippen molar-refractivity contribution < 1.29 is 9.53 Å². The van der Waals surface area contributed by atoms with Crippen LogP contribution in [0.15, 0.2) is 77.6 Å². The van der Waals surface area contributed by atoms with E-state index in [0.717, 1.165) is 25.7 Å². The predicted molar refractivity (Wildman–Crippen MR) is 153 cm³/mol. The fourth-order valence-corrected chi connectivity index (χ4v) is 4.88. The first kappa shape index (κ1) is 27.1.